The fourth-order valence-electron chi connectivity index (χ4n) is 5.31. The van der Waals surface area contributed by atoms with Crippen LogP contribution in [0.25, 0.3) is 17.0 Å². The second kappa shape index (κ2) is 11.2. The van der Waals surface area contributed by atoms with Gasteiger partial charge in [-0.1, -0.05) is 18.2 Å². The van der Waals surface area contributed by atoms with E-state index in [2.05, 4.69) is 16.0 Å². The number of benzene rings is 3. The van der Waals surface area contributed by atoms with Gasteiger partial charge in [-0.05, 0) is 103 Å². The number of fused-ring (bicyclic) bond motifs is 1. The van der Waals surface area contributed by atoms with E-state index in [1.54, 1.807) is 24.2 Å². The average Bonchev–Trinajstić information content (AvgIpc) is 3.71. The lowest BCUT2D eigenvalue weighted by Gasteiger charge is -2.19. The predicted molar refractivity (Wildman–Crippen MR) is 162 cm³/mol. The van der Waals surface area contributed by atoms with Gasteiger partial charge in [0.05, 0.1) is 23.4 Å². The maximum absolute atomic E-state index is 15.2. The van der Waals surface area contributed by atoms with Crippen LogP contribution in [0.1, 0.15) is 29.5 Å². The number of amidine groups is 1. The van der Waals surface area contributed by atoms with E-state index in [1.165, 1.54) is 11.8 Å². The van der Waals surface area contributed by atoms with Crippen molar-refractivity contribution in [3.63, 3.8) is 0 Å². The SMILES string of the molecule is COc1ccc(N=C2S/C(=C\c3cc(F)c(N4CCCC4)cc3C)C(=O)N2CCc2c[nH]c3ccccc23)cc1. The van der Waals surface area contributed by atoms with Gasteiger partial charge >= 0.3 is 0 Å². The lowest BCUT2D eigenvalue weighted by Crippen LogP contribution is -2.31. The number of carbonyl (C=O) groups excluding carboxylic acids is 1. The van der Waals surface area contributed by atoms with Gasteiger partial charge in [0, 0.05) is 36.7 Å². The normalized spacial score (nSPS) is 17.6. The van der Waals surface area contributed by atoms with E-state index in [4.69, 9.17) is 9.73 Å². The molecule has 3 heterocycles. The molecule has 0 unspecified atom stereocenters. The maximum atomic E-state index is 15.2. The molecule has 0 atom stereocenters. The second-order valence-electron chi connectivity index (χ2n) is 10.1. The number of aryl methyl sites for hydroxylation is 1. The van der Waals surface area contributed by atoms with Crippen LogP contribution in [0.15, 0.2) is 76.8 Å². The molecule has 4 aromatic rings. The van der Waals surface area contributed by atoms with Gasteiger partial charge in [-0.2, -0.15) is 0 Å². The van der Waals surface area contributed by atoms with Crippen molar-refractivity contribution in [1.82, 2.24) is 9.88 Å². The summed E-state index contributed by atoms with van der Waals surface area (Å²) in [5.41, 5.74) is 5.23. The molecule has 40 heavy (non-hydrogen) atoms. The van der Waals surface area contributed by atoms with E-state index < -0.39 is 0 Å². The third-order valence-corrected chi connectivity index (χ3v) is 8.54. The van der Waals surface area contributed by atoms with Crippen molar-refractivity contribution in [2.45, 2.75) is 26.2 Å². The van der Waals surface area contributed by atoms with Crippen LogP contribution < -0.4 is 9.64 Å². The molecule has 8 heteroatoms. The van der Waals surface area contributed by atoms with Crippen molar-refractivity contribution < 1.29 is 13.9 Å². The van der Waals surface area contributed by atoms with Gasteiger partial charge in [0.2, 0.25) is 0 Å². The zero-order chi connectivity index (χ0) is 27.6. The van der Waals surface area contributed by atoms with Crippen LogP contribution in [0.2, 0.25) is 0 Å². The number of nitrogens with one attached hydrogen (secondary N) is 1. The standard InChI is InChI=1S/C32H31FN4O2S/c1-21-17-29(36-14-5-6-15-36)27(33)18-23(21)19-30-31(38)37(16-13-22-20-34-28-8-4-3-7-26(22)28)32(40-30)35-24-9-11-25(39-2)12-10-24/h3-4,7-12,17-20,34H,5-6,13-16H2,1-2H3/b30-19-,35-32?. The smallest absolute Gasteiger partial charge is 0.266 e. The molecule has 0 spiro atoms. The average molecular weight is 555 g/mol. The van der Waals surface area contributed by atoms with E-state index >= 15 is 4.39 Å². The third kappa shape index (κ3) is 5.23. The topological polar surface area (TPSA) is 60.9 Å². The Morgan fingerprint density at radius 3 is 2.65 bits per heavy atom. The van der Waals surface area contributed by atoms with Crippen molar-refractivity contribution in [2.24, 2.45) is 4.99 Å². The molecule has 2 fully saturated rings. The summed E-state index contributed by atoms with van der Waals surface area (Å²) in [5.74, 6) is 0.365. The van der Waals surface area contributed by atoms with Crippen LogP contribution in [0.5, 0.6) is 5.75 Å². The zero-order valence-electron chi connectivity index (χ0n) is 22.6. The van der Waals surface area contributed by atoms with E-state index in [-0.39, 0.29) is 11.7 Å². The van der Waals surface area contributed by atoms with Gasteiger partial charge in [0.1, 0.15) is 11.6 Å². The minimum atomic E-state index is -0.252. The van der Waals surface area contributed by atoms with Crippen molar-refractivity contribution in [1.29, 1.82) is 0 Å². The Labute approximate surface area is 237 Å². The molecule has 1 amide bonds. The summed E-state index contributed by atoms with van der Waals surface area (Å²) < 4.78 is 20.4. The van der Waals surface area contributed by atoms with Gasteiger partial charge in [-0.15, -0.1) is 0 Å². The molecule has 2 saturated heterocycles. The van der Waals surface area contributed by atoms with Crippen LogP contribution in [0, 0.1) is 12.7 Å². The Kier molecular flexibility index (Phi) is 7.34. The summed E-state index contributed by atoms with van der Waals surface area (Å²) in [4.78, 5) is 26.2. The minimum absolute atomic E-state index is 0.125. The number of carbonyl (C=O) groups is 1. The molecule has 1 N–H and O–H groups in total. The number of aromatic amines is 1. The lowest BCUT2D eigenvalue weighted by atomic mass is 10.1. The number of anilines is 1. The van der Waals surface area contributed by atoms with Gasteiger partial charge in [0.25, 0.3) is 5.91 Å². The summed E-state index contributed by atoms with van der Waals surface area (Å²) in [5, 5.41) is 1.75. The molecule has 0 aliphatic carbocycles. The highest BCUT2D eigenvalue weighted by Crippen LogP contribution is 2.36. The maximum Gasteiger partial charge on any atom is 0.266 e. The number of thioether (sulfide) groups is 1. The number of nitrogens with zero attached hydrogens (tertiary/aromatic N) is 3. The first-order valence-corrected chi connectivity index (χ1v) is 14.4. The molecule has 0 saturated carbocycles. The number of hydrogen-bond donors (Lipinski definition) is 1. The van der Waals surface area contributed by atoms with E-state index in [0.29, 0.717) is 34.3 Å². The molecule has 0 radical (unpaired) electrons. The highest BCUT2D eigenvalue weighted by Gasteiger charge is 2.33. The van der Waals surface area contributed by atoms with Crippen molar-refractivity contribution in [3.05, 3.63) is 94.3 Å². The molecule has 6 nitrogen and oxygen atoms in total. The molecule has 2 aliphatic rings. The number of aliphatic imine (C=N–C) groups is 1. The highest BCUT2D eigenvalue weighted by molar-refractivity contribution is 8.18. The minimum Gasteiger partial charge on any atom is -0.497 e. The number of H-pyrrole nitrogens is 1. The number of hydrogen-bond acceptors (Lipinski definition) is 5. The zero-order valence-corrected chi connectivity index (χ0v) is 23.4. The summed E-state index contributed by atoms with van der Waals surface area (Å²) >= 11 is 1.33. The van der Waals surface area contributed by atoms with Crippen LogP contribution in [-0.2, 0) is 11.2 Å². The number of para-hydroxylation sites is 1. The Balaban J connectivity index is 1.31. The van der Waals surface area contributed by atoms with E-state index in [0.717, 1.165) is 59.4 Å². The molecular weight excluding hydrogens is 523 g/mol. The Morgan fingerprint density at radius 1 is 1.10 bits per heavy atom. The Bertz CT molecular complexity index is 1620. The van der Waals surface area contributed by atoms with Crippen molar-refractivity contribution in [2.75, 3.05) is 31.6 Å². The Morgan fingerprint density at radius 2 is 1.88 bits per heavy atom. The molecule has 1 aromatic heterocycles. The van der Waals surface area contributed by atoms with Gasteiger partial charge in [0.15, 0.2) is 5.17 Å². The fourth-order valence-corrected chi connectivity index (χ4v) is 6.32. The van der Waals surface area contributed by atoms with Crippen molar-refractivity contribution in [3.8, 4) is 5.75 Å². The number of methoxy groups -OCH3 is 1. The van der Waals surface area contributed by atoms with Crippen LogP contribution >= 0.6 is 11.8 Å². The lowest BCUT2D eigenvalue weighted by molar-refractivity contribution is -0.122. The molecular formula is C32H31FN4O2S. The largest absolute Gasteiger partial charge is 0.497 e. The monoisotopic (exact) mass is 554 g/mol. The Hall–Kier alpha value is -4.04. The summed E-state index contributed by atoms with van der Waals surface area (Å²) in [7, 11) is 1.62. The fraction of sp³-hybridized carbons (Fsp3) is 0.250. The first-order chi connectivity index (χ1) is 19.5. The van der Waals surface area contributed by atoms with Crippen molar-refractivity contribution >= 4 is 51.2 Å². The highest BCUT2D eigenvalue weighted by atomic mass is 32.2. The van der Waals surface area contributed by atoms with Gasteiger partial charge < -0.3 is 14.6 Å². The number of ether oxygens (including phenoxy) is 1. The molecule has 2 aliphatic heterocycles. The number of aromatic nitrogens is 1. The third-order valence-electron chi connectivity index (χ3n) is 7.53. The summed E-state index contributed by atoms with van der Waals surface area (Å²) in [6.45, 7) is 4.20. The molecule has 204 valence electrons. The quantitative estimate of drug-likeness (QED) is 0.248. The van der Waals surface area contributed by atoms with E-state index in [1.807, 2.05) is 61.7 Å². The summed E-state index contributed by atoms with van der Waals surface area (Å²) in [6, 6.07) is 19.0. The number of rotatable bonds is 7. The molecule has 3 aromatic carbocycles. The second-order valence-corrected chi connectivity index (χ2v) is 11.1. The predicted octanol–water partition coefficient (Wildman–Crippen LogP) is 7.07. The van der Waals surface area contributed by atoms with Crippen LogP contribution in [0.3, 0.4) is 0 Å². The van der Waals surface area contributed by atoms with E-state index in [9.17, 15) is 4.79 Å². The van der Waals surface area contributed by atoms with Gasteiger partial charge in [-0.3, -0.25) is 9.69 Å². The first-order valence-electron chi connectivity index (χ1n) is 13.5. The van der Waals surface area contributed by atoms with Crippen LogP contribution in [-0.4, -0.2) is 47.7 Å². The number of halogens is 1. The number of amides is 1. The summed E-state index contributed by atoms with van der Waals surface area (Å²) in [6.07, 6.45) is 6.64. The molecule has 6 rings (SSSR count). The molecule has 0 bridgehead atoms. The van der Waals surface area contributed by atoms with Crippen LogP contribution in [0.4, 0.5) is 15.8 Å². The first kappa shape index (κ1) is 26.2. The van der Waals surface area contributed by atoms with Gasteiger partial charge in [-0.25, -0.2) is 9.38 Å².